The highest BCUT2D eigenvalue weighted by atomic mass is 14.9. The number of para-hydroxylation sites is 3. The Bertz CT molecular complexity index is 776. The van der Waals surface area contributed by atoms with Gasteiger partial charge in [0.1, 0.15) is 0 Å². The van der Waals surface area contributed by atoms with Crippen LogP contribution >= 0.6 is 0 Å². The van der Waals surface area contributed by atoms with Gasteiger partial charge in [0.15, 0.2) is 0 Å². The zero-order valence-electron chi connectivity index (χ0n) is 12.0. The molecule has 3 aromatic rings. The Morgan fingerprint density at radius 3 is 2.38 bits per heavy atom. The molecular formula is C18H19N3. The van der Waals surface area contributed by atoms with Gasteiger partial charge in [0.2, 0.25) is 0 Å². The summed E-state index contributed by atoms with van der Waals surface area (Å²) < 4.78 is 0. The van der Waals surface area contributed by atoms with E-state index in [9.17, 15) is 0 Å². The molecule has 0 radical (unpaired) electrons. The molecule has 0 aliphatic heterocycles. The van der Waals surface area contributed by atoms with Crippen LogP contribution in [-0.4, -0.2) is 16.0 Å². The van der Waals surface area contributed by atoms with E-state index in [0.717, 1.165) is 28.6 Å². The first-order chi connectivity index (χ1) is 10.4. The van der Waals surface area contributed by atoms with Crippen molar-refractivity contribution in [2.24, 2.45) is 0 Å². The van der Waals surface area contributed by atoms with Gasteiger partial charge in [0, 0.05) is 12.6 Å². The molecule has 0 amide bonds. The van der Waals surface area contributed by atoms with Gasteiger partial charge < -0.3 is 5.32 Å². The van der Waals surface area contributed by atoms with Crippen LogP contribution in [0.3, 0.4) is 0 Å². The maximum atomic E-state index is 4.82. The standard InChI is InChI=1S/C18H19N3/c1-2-8-14(7-1)19-12-13-6-5-11-17-18(13)21-16-10-4-3-9-15(16)20-17/h3-6,9-11,14,19H,1-2,7-8,12H2. The van der Waals surface area contributed by atoms with Crippen LogP contribution in [0.4, 0.5) is 0 Å². The third-order valence-corrected chi connectivity index (χ3v) is 4.39. The van der Waals surface area contributed by atoms with Gasteiger partial charge in [-0.25, -0.2) is 9.97 Å². The zero-order chi connectivity index (χ0) is 14.1. The molecule has 3 heteroatoms. The van der Waals surface area contributed by atoms with Crippen LogP contribution in [0.5, 0.6) is 0 Å². The summed E-state index contributed by atoms with van der Waals surface area (Å²) in [5.74, 6) is 0. The van der Waals surface area contributed by atoms with Gasteiger partial charge in [-0.2, -0.15) is 0 Å². The first kappa shape index (κ1) is 12.7. The number of hydrogen-bond donors (Lipinski definition) is 1. The van der Waals surface area contributed by atoms with Crippen LogP contribution in [-0.2, 0) is 6.54 Å². The molecule has 1 aliphatic carbocycles. The molecular weight excluding hydrogens is 258 g/mol. The van der Waals surface area contributed by atoms with Crippen LogP contribution < -0.4 is 5.32 Å². The SMILES string of the molecule is c1ccc2nc3c(CNC4CCCC4)cccc3nc2c1. The monoisotopic (exact) mass is 277 g/mol. The molecule has 0 bridgehead atoms. The van der Waals surface area contributed by atoms with Crippen LogP contribution in [0, 0.1) is 0 Å². The van der Waals surface area contributed by atoms with Crippen molar-refractivity contribution in [3.8, 4) is 0 Å². The molecule has 0 spiro atoms. The molecule has 1 fully saturated rings. The Hall–Kier alpha value is -2.00. The summed E-state index contributed by atoms with van der Waals surface area (Å²) in [6.45, 7) is 0.884. The zero-order valence-corrected chi connectivity index (χ0v) is 12.0. The maximum absolute atomic E-state index is 4.82. The summed E-state index contributed by atoms with van der Waals surface area (Å²) in [4.78, 5) is 9.55. The molecule has 21 heavy (non-hydrogen) atoms. The van der Waals surface area contributed by atoms with E-state index >= 15 is 0 Å². The number of hydrogen-bond acceptors (Lipinski definition) is 3. The summed E-state index contributed by atoms with van der Waals surface area (Å²) in [7, 11) is 0. The van der Waals surface area contributed by atoms with Crippen molar-refractivity contribution in [1.82, 2.24) is 15.3 Å². The van der Waals surface area contributed by atoms with Gasteiger partial charge in [0.05, 0.1) is 22.1 Å². The topological polar surface area (TPSA) is 37.8 Å². The number of nitrogens with one attached hydrogen (secondary N) is 1. The molecule has 0 unspecified atom stereocenters. The molecule has 0 atom stereocenters. The fraction of sp³-hybridized carbons (Fsp3) is 0.333. The van der Waals surface area contributed by atoms with Gasteiger partial charge in [0.25, 0.3) is 0 Å². The normalized spacial score (nSPS) is 16.0. The highest BCUT2D eigenvalue weighted by molar-refractivity contribution is 5.87. The lowest BCUT2D eigenvalue weighted by molar-refractivity contribution is 0.525. The number of benzene rings is 2. The second-order valence-corrected chi connectivity index (χ2v) is 5.86. The Balaban J connectivity index is 1.72. The lowest BCUT2D eigenvalue weighted by Gasteiger charge is -2.13. The molecule has 3 nitrogen and oxygen atoms in total. The van der Waals surface area contributed by atoms with E-state index in [4.69, 9.17) is 9.97 Å². The number of nitrogens with zero attached hydrogens (tertiary/aromatic N) is 2. The van der Waals surface area contributed by atoms with Gasteiger partial charge >= 0.3 is 0 Å². The number of fused-ring (bicyclic) bond motifs is 2. The van der Waals surface area contributed by atoms with E-state index in [0.29, 0.717) is 6.04 Å². The molecule has 1 saturated carbocycles. The lowest BCUT2D eigenvalue weighted by Crippen LogP contribution is -2.25. The first-order valence-corrected chi connectivity index (χ1v) is 7.78. The van der Waals surface area contributed by atoms with E-state index < -0.39 is 0 Å². The van der Waals surface area contributed by atoms with Crippen molar-refractivity contribution in [3.63, 3.8) is 0 Å². The van der Waals surface area contributed by atoms with Gasteiger partial charge in [-0.05, 0) is 36.6 Å². The third-order valence-electron chi connectivity index (χ3n) is 4.39. The maximum Gasteiger partial charge on any atom is 0.0939 e. The predicted octanol–water partition coefficient (Wildman–Crippen LogP) is 3.82. The fourth-order valence-electron chi connectivity index (χ4n) is 3.23. The van der Waals surface area contributed by atoms with Gasteiger partial charge in [-0.3, -0.25) is 0 Å². The summed E-state index contributed by atoms with van der Waals surface area (Å²) in [6.07, 6.45) is 5.33. The highest BCUT2D eigenvalue weighted by Crippen LogP contribution is 2.21. The summed E-state index contributed by atoms with van der Waals surface area (Å²) >= 11 is 0. The van der Waals surface area contributed by atoms with E-state index in [1.54, 1.807) is 0 Å². The molecule has 1 heterocycles. The van der Waals surface area contributed by atoms with Crippen molar-refractivity contribution in [1.29, 1.82) is 0 Å². The lowest BCUT2D eigenvalue weighted by atomic mass is 10.1. The van der Waals surface area contributed by atoms with Crippen LogP contribution in [0.2, 0.25) is 0 Å². The fourth-order valence-corrected chi connectivity index (χ4v) is 3.23. The minimum Gasteiger partial charge on any atom is -0.310 e. The predicted molar refractivity (Wildman–Crippen MR) is 86.1 cm³/mol. The van der Waals surface area contributed by atoms with Crippen LogP contribution in [0.1, 0.15) is 31.2 Å². The smallest absolute Gasteiger partial charge is 0.0939 e. The molecule has 2 aromatic carbocycles. The van der Waals surface area contributed by atoms with Crippen LogP contribution in [0.15, 0.2) is 42.5 Å². The quantitative estimate of drug-likeness (QED) is 0.740. The van der Waals surface area contributed by atoms with Crippen molar-refractivity contribution in [3.05, 3.63) is 48.0 Å². The van der Waals surface area contributed by atoms with Crippen molar-refractivity contribution in [2.75, 3.05) is 0 Å². The summed E-state index contributed by atoms with van der Waals surface area (Å²) in [5, 5.41) is 3.67. The van der Waals surface area contributed by atoms with E-state index in [1.165, 1.54) is 31.2 Å². The molecule has 1 N–H and O–H groups in total. The van der Waals surface area contributed by atoms with E-state index in [-0.39, 0.29) is 0 Å². The molecule has 4 rings (SSSR count). The van der Waals surface area contributed by atoms with Crippen molar-refractivity contribution in [2.45, 2.75) is 38.3 Å². The first-order valence-electron chi connectivity index (χ1n) is 7.78. The minimum absolute atomic E-state index is 0.675. The molecule has 1 aromatic heterocycles. The van der Waals surface area contributed by atoms with Gasteiger partial charge in [-0.15, -0.1) is 0 Å². The Morgan fingerprint density at radius 1 is 0.857 bits per heavy atom. The second-order valence-electron chi connectivity index (χ2n) is 5.86. The van der Waals surface area contributed by atoms with Crippen LogP contribution in [0.25, 0.3) is 22.1 Å². The number of aromatic nitrogens is 2. The Kier molecular flexibility index (Phi) is 3.28. The van der Waals surface area contributed by atoms with Crippen molar-refractivity contribution >= 4 is 22.1 Å². The van der Waals surface area contributed by atoms with E-state index in [1.807, 2.05) is 30.3 Å². The third kappa shape index (κ3) is 2.49. The average Bonchev–Trinajstić information content (AvgIpc) is 3.04. The van der Waals surface area contributed by atoms with Crippen molar-refractivity contribution < 1.29 is 0 Å². The van der Waals surface area contributed by atoms with Gasteiger partial charge in [-0.1, -0.05) is 37.1 Å². The molecule has 1 aliphatic rings. The minimum atomic E-state index is 0.675. The Morgan fingerprint density at radius 2 is 1.57 bits per heavy atom. The highest BCUT2D eigenvalue weighted by Gasteiger charge is 2.14. The molecule has 0 saturated heterocycles. The van der Waals surface area contributed by atoms with E-state index in [2.05, 4.69) is 17.4 Å². The Labute approximate surface area is 124 Å². The average molecular weight is 277 g/mol. The number of rotatable bonds is 3. The largest absolute Gasteiger partial charge is 0.310 e. The summed E-state index contributed by atoms with van der Waals surface area (Å²) in [6, 6.07) is 15.0. The second kappa shape index (κ2) is 5.41. The molecule has 106 valence electrons. The summed E-state index contributed by atoms with van der Waals surface area (Å²) in [5.41, 5.74) is 5.20.